The summed E-state index contributed by atoms with van der Waals surface area (Å²) in [6.07, 6.45) is 6.34. The molecule has 6 heteroatoms. The monoisotopic (exact) mass is 360 g/mol. The van der Waals surface area contributed by atoms with Crippen molar-refractivity contribution in [3.63, 3.8) is 0 Å². The minimum Gasteiger partial charge on any atom is -0.404 e. The Bertz CT molecular complexity index is 620. The van der Waals surface area contributed by atoms with Crippen LogP contribution in [0.25, 0.3) is 5.57 Å². The molecule has 0 bridgehead atoms. The SMILES string of the molecule is CC.CC(=N)c1ccc(C(=C/N)/C=N/C2CCCCO2)cc1NCCO. The highest BCUT2D eigenvalue weighted by molar-refractivity contribution is 6.11. The smallest absolute Gasteiger partial charge is 0.148 e. The second kappa shape index (κ2) is 12.2. The Morgan fingerprint density at radius 2 is 2.19 bits per heavy atom. The Kier molecular flexibility index (Phi) is 10.3. The summed E-state index contributed by atoms with van der Waals surface area (Å²) in [5.74, 6) is 0. The van der Waals surface area contributed by atoms with Crippen LogP contribution >= 0.6 is 0 Å². The van der Waals surface area contributed by atoms with Gasteiger partial charge in [0.1, 0.15) is 6.23 Å². The molecule has 6 nitrogen and oxygen atoms in total. The highest BCUT2D eigenvalue weighted by atomic mass is 16.5. The summed E-state index contributed by atoms with van der Waals surface area (Å²) in [6, 6.07) is 5.73. The first kappa shape index (κ1) is 21.9. The Morgan fingerprint density at radius 3 is 2.77 bits per heavy atom. The van der Waals surface area contributed by atoms with E-state index >= 15 is 0 Å². The number of rotatable bonds is 7. The molecular weight excluding hydrogens is 328 g/mol. The summed E-state index contributed by atoms with van der Waals surface area (Å²) in [7, 11) is 0. The second-order valence-electron chi connectivity index (χ2n) is 5.76. The van der Waals surface area contributed by atoms with E-state index in [0.29, 0.717) is 12.3 Å². The molecule has 0 radical (unpaired) electrons. The van der Waals surface area contributed by atoms with Crippen molar-refractivity contribution in [2.45, 2.75) is 46.3 Å². The lowest BCUT2D eigenvalue weighted by Gasteiger charge is -2.18. The van der Waals surface area contributed by atoms with Gasteiger partial charge in [-0.15, -0.1) is 0 Å². The summed E-state index contributed by atoms with van der Waals surface area (Å²) in [6.45, 7) is 6.95. The van der Waals surface area contributed by atoms with Crippen LogP contribution < -0.4 is 11.1 Å². The molecule has 0 amide bonds. The quantitative estimate of drug-likeness (QED) is 0.559. The van der Waals surface area contributed by atoms with Crippen molar-refractivity contribution in [1.29, 1.82) is 5.41 Å². The molecular formula is C20H32N4O2. The van der Waals surface area contributed by atoms with Gasteiger partial charge in [0.15, 0.2) is 0 Å². The van der Waals surface area contributed by atoms with Crippen LogP contribution in [-0.4, -0.2) is 43.0 Å². The fourth-order valence-electron chi connectivity index (χ4n) is 2.61. The number of nitrogens with one attached hydrogen (secondary N) is 2. The van der Waals surface area contributed by atoms with E-state index in [1.54, 1.807) is 13.1 Å². The number of aliphatic imine (C=N–C) groups is 1. The molecule has 1 atom stereocenters. The average Bonchev–Trinajstić information content (AvgIpc) is 2.69. The van der Waals surface area contributed by atoms with Gasteiger partial charge in [0.25, 0.3) is 0 Å². The third-order valence-electron chi connectivity index (χ3n) is 3.90. The number of hydrogen-bond acceptors (Lipinski definition) is 6. The minimum absolute atomic E-state index is 0.0285. The number of ether oxygens (including phenoxy) is 1. The lowest BCUT2D eigenvalue weighted by Crippen LogP contribution is -2.16. The number of aliphatic hydroxyl groups is 1. The van der Waals surface area contributed by atoms with Crippen LogP contribution in [0, 0.1) is 5.41 Å². The van der Waals surface area contributed by atoms with Gasteiger partial charge in [0, 0.05) is 48.1 Å². The minimum atomic E-state index is -0.0937. The van der Waals surface area contributed by atoms with E-state index in [1.165, 1.54) is 6.20 Å². The van der Waals surface area contributed by atoms with Gasteiger partial charge in [0.05, 0.1) is 6.61 Å². The zero-order valence-corrected chi connectivity index (χ0v) is 16.1. The van der Waals surface area contributed by atoms with E-state index in [9.17, 15) is 0 Å². The van der Waals surface area contributed by atoms with Gasteiger partial charge >= 0.3 is 0 Å². The average molecular weight is 361 g/mol. The van der Waals surface area contributed by atoms with E-state index in [1.807, 2.05) is 32.0 Å². The second-order valence-corrected chi connectivity index (χ2v) is 5.76. The van der Waals surface area contributed by atoms with Crippen LogP contribution in [0.1, 0.15) is 51.2 Å². The molecule has 1 aliphatic rings. The van der Waals surface area contributed by atoms with E-state index in [2.05, 4.69) is 10.3 Å². The molecule has 1 unspecified atom stereocenters. The maximum atomic E-state index is 9.03. The molecule has 26 heavy (non-hydrogen) atoms. The van der Waals surface area contributed by atoms with Crippen molar-refractivity contribution in [2.75, 3.05) is 25.1 Å². The van der Waals surface area contributed by atoms with Crippen LogP contribution in [0.5, 0.6) is 0 Å². The molecule has 1 aromatic carbocycles. The molecule has 1 fully saturated rings. The van der Waals surface area contributed by atoms with Gasteiger partial charge in [0.2, 0.25) is 0 Å². The molecule has 2 rings (SSSR count). The Hall–Kier alpha value is -2.18. The van der Waals surface area contributed by atoms with Crippen LogP contribution in [0.15, 0.2) is 29.4 Å². The Labute approximate surface area is 156 Å². The van der Waals surface area contributed by atoms with Crippen molar-refractivity contribution in [2.24, 2.45) is 10.7 Å². The fourth-order valence-corrected chi connectivity index (χ4v) is 2.61. The predicted octanol–water partition coefficient (Wildman–Crippen LogP) is 3.40. The summed E-state index contributed by atoms with van der Waals surface area (Å²) in [5.41, 5.74) is 9.54. The first-order chi connectivity index (χ1) is 12.7. The highest BCUT2D eigenvalue weighted by Gasteiger charge is 2.12. The van der Waals surface area contributed by atoms with Crippen LogP contribution in [0.4, 0.5) is 5.69 Å². The van der Waals surface area contributed by atoms with Gasteiger partial charge in [-0.3, -0.25) is 4.99 Å². The van der Waals surface area contributed by atoms with Gasteiger partial charge < -0.3 is 26.3 Å². The predicted molar refractivity (Wildman–Crippen MR) is 110 cm³/mol. The van der Waals surface area contributed by atoms with E-state index in [4.69, 9.17) is 21.0 Å². The molecule has 0 aromatic heterocycles. The topological polar surface area (TPSA) is 104 Å². The number of hydrogen-bond donors (Lipinski definition) is 4. The molecule has 0 saturated carbocycles. The number of nitrogens with two attached hydrogens (primary N) is 1. The highest BCUT2D eigenvalue weighted by Crippen LogP contribution is 2.23. The zero-order valence-electron chi connectivity index (χ0n) is 16.1. The van der Waals surface area contributed by atoms with Crippen LogP contribution in [-0.2, 0) is 4.74 Å². The Balaban J connectivity index is 0.00000163. The number of aliphatic hydroxyl groups excluding tert-OH is 1. The normalized spacial score (nSPS) is 17.5. The number of allylic oxidation sites excluding steroid dienone is 1. The van der Waals surface area contributed by atoms with Crippen LogP contribution in [0.3, 0.4) is 0 Å². The number of anilines is 1. The van der Waals surface area contributed by atoms with E-state index in [-0.39, 0.29) is 12.8 Å². The molecule has 1 heterocycles. The summed E-state index contributed by atoms with van der Waals surface area (Å²) in [5, 5.41) is 20.0. The van der Waals surface area contributed by atoms with Crippen molar-refractivity contribution >= 4 is 23.2 Å². The van der Waals surface area contributed by atoms with Gasteiger partial charge in [-0.2, -0.15) is 0 Å². The van der Waals surface area contributed by atoms with E-state index in [0.717, 1.165) is 48.3 Å². The maximum Gasteiger partial charge on any atom is 0.148 e. The molecule has 5 N–H and O–H groups in total. The summed E-state index contributed by atoms with van der Waals surface area (Å²) in [4.78, 5) is 4.48. The molecule has 0 spiro atoms. The Morgan fingerprint density at radius 1 is 1.42 bits per heavy atom. The molecule has 0 aliphatic carbocycles. The van der Waals surface area contributed by atoms with Gasteiger partial charge in [-0.05, 0) is 37.8 Å². The molecule has 1 saturated heterocycles. The molecule has 1 aliphatic heterocycles. The number of nitrogens with zero attached hydrogens (tertiary/aromatic N) is 1. The van der Waals surface area contributed by atoms with Gasteiger partial charge in [-0.25, -0.2) is 0 Å². The zero-order chi connectivity index (χ0) is 19.4. The number of benzene rings is 1. The fraction of sp³-hybridized carbons (Fsp3) is 0.500. The maximum absolute atomic E-state index is 9.03. The van der Waals surface area contributed by atoms with Crippen molar-refractivity contribution in [3.8, 4) is 0 Å². The van der Waals surface area contributed by atoms with Crippen molar-refractivity contribution < 1.29 is 9.84 Å². The first-order valence-corrected chi connectivity index (χ1v) is 9.27. The summed E-state index contributed by atoms with van der Waals surface area (Å²) < 4.78 is 5.60. The largest absolute Gasteiger partial charge is 0.404 e. The van der Waals surface area contributed by atoms with Crippen molar-refractivity contribution in [1.82, 2.24) is 0 Å². The van der Waals surface area contributed by atoms with Crippen molar-refractivity contribution in [3.05, 3.63) is 35.5 Å². The summed E-state index contributed by atoms with van der Waals surface area (Å²) >= 11 is 0. The third kappa shape index (κ3) is 6.61. The standard InChI is InChI=1S/C18H26N4O2.C2H6/c1-13(20)16-6-5-14(10-17(16)21-7-8-23)15(11-19)12-22-18-4-2-3-9-24-18;1-2/h5-6,10-12,18,20-21,23H,2-4,7-9,19H2,1H3;1-2H3/b15-11+,20-13?,22-12+;. The van der Waals surface area contributed by atoms with Gasteiger partial charge in [-0.1, -0.05) is 26.0 Å². The molecule has 1 aromatic rings. The van der Waals surface area contributed by atoms with E-state index < -0.39 is 0 Å². The lowest BCUT2D eigenvalue weighted by atomic mass is 10.0. The lowest BCUT2D eigenvalue weighted by molar-refractivity contribution is 0.0227. The first-order valence-electron chi connectivity index (χ1n) is 9.27. The molecule has 144 valence electrons. The van der Waals surface area contributed by atoms with Crippen LogP contribution in [0.2, 0.25) is 0 Å². The third-order valence-corrected chi connectivity index (χ3v) is 3.90.